The summed E-state index contributed by atoms with van der Waals surface area (Å²) in [5.74, 6) is 0.0456. The predicted octanol–water partition coefficient (Wildman–Crippen LogP) is 3.57. The third-order valence-corrected chi connectivity index (χ3v) is 3.33. The second-order valence-corrected chi connectivity index (χ2v) is 5.34. The van der Waals surface area contributed by atoms with Crippen LogP contribution in [-0.4, -0.2) is 21.5 Å². The molecule has 0 saturated carbocycles. The molecule has 0 bridgehead atoms. The Bertz CT molecular complexity index is 600. The van der Waals surface area contributed by atoms with E-state index in [1.165, 1.54) is 11.3 Å². The van der Waals surface area contributed by atoms with E-state index < -0.39 is 17.2 Å². The fourth-order valence-corrected chi connectivity index (χ4v) is 2.32. The van der Waals surface area contributed by atoms with Crippen molar-refractivity contribution in [3.05, 3.63) is 33.1 Å². The Labute approximate surface area is 122 Å². The van der Waals surface area contributed by atoms with Gasteiger partial charge < -0.3 is 5.32 Å². The highest BCUT2D eigenvalue weighted by atomic mass is 35.5. The van der Waals surface area contributed by atoms with E-state index >= 15 is 0 Å². The Morgan fingerprint density at radius 3 is 2.65 bits per heavy atom. The number of nitrogens with one attached hydrogen (secondary N) is 1. The maximum atomic E-state index is 12.6. The Morgan fingerprint density at radius 1 is 1.30 bits per heavy atom. The molecule has 108 valence electrons. The smallest absolute Gasteiger partial charge is 0.370 e. The van der Waals surface area contributed by atoms with Crippen LogP contribution < -0.4 is 5.32 Å². The third kappa shape index (κ3) is 4.04. The molecule has 0 atom stereocenters. The van der Waals surface area contributed by atoms with E-state index in [2.05, 4.69) is 20.3 Å². The van der Waals surface area contributed by atoms with Crippen LogP contribution in [0.5, 0.6) is 0 Å². The standard InChI is InChI=1S/C11H10ClF3N4S/c1-6-17-7(5-20-6)2-3-16-9-4-8(11(13,14)15)18-10(12)19-9/h4-5H,2-3H2,1H3,(H,16,18,19). The molecule has 0 spiro atoms. The van der Waals surface area contributed by atoms with Crippen molar-refractivity contribution >= 4 is 28.8 Å². The number of halogens is 4. The molecule has 0 aliphatic rings. The lowest BCUT2D eigenvalue weighted by Gasteiger charge is -2.09. The highest BCUT2D eigenvalue weighted by molar-refractivity contribution is 7.09. The molecule has 0 aromatic carbocycles. The zero-order valence-electron chi connectivity index (χ0n) is 10.3. The van der Waals surface area contributed by atoms with Crippen LogP contribution in [-0.2, 0) is 12.6 Å². The number of anilines is 1. The summed E-state index contributed by atoms with van der Waals surface area (Å²) in [5.41, 5.74) is -0.180. The normalized spacial score (nSPS) is 11.7. The fraction of sp³-hybridized carbons (Fsp3) is 0.364. The van der Waals surface area contributed by atoms with E-state index in [4.69, 9.17) is 11.6 Å². The third-order valence-electron chi connectivity index (χ3n) is 2.34. The lowest BCUT2D eigenvalue weighted by molar-refractivity contribution is -0.141. The highest BCUT2D eigenvalue weighted by Gasteiger charge is 2.33. The zero-order valence-corrected chi connectivity index (χ0v) is 11.9. The van der Waals surface area contributed by atoms with Gasteiger partial charge in [-0.2, -0.15) is 13.2 Å². The first-order valence-electron chi connectivity index (χ1n) is 5.61. The van der Waals surface area contributed by atoms with E-state index in [9.17, 15) is 13.2 Å². The van der Waals surface area contributed by atoms with E-state index in [-0.39, 0.29) is 5.82 Å². The molecular formula is C11H10ClF3N4S. The molecule has 1 N–H and O–H groups in total. The van der Waals surface area contributed by atoms with Crippen molar-refractivity contribution in [3.8, 4) is 0 Å². The summed E-state index contributed by atoms with van der Waals surface area (Å²) in [5, 5.41) is 5.20. The van der Waals surface area contributed by atoms with Crippen molar-refractivity contribution in [2.75, 3.05) is 11.9 Å². The summed E-state index contributed by atoms with van der Waals surface area (Å²) in [4.78, 5) is 11.1. The van der Waals surface area contributed by atoms with Gasteiger partial charge in [0.25, 0.3) is 0 Å². The number of aryl methyl sites for hydroxylation is 1. The van der Waals surface area contributed by atoms with E-state index in [1.807, 2.05) is 12.3 Å². The molecule has 0 aliphatic heterocycles. The summed E-state index contributed by atoms with van der Waals surface area (Å²) < 4.78 is 37.7. The van der Waals surface area contributed by atoms with Crippen LogP contribution in [0, 0.1) is 6.92 Å². The van der Waals surface area contributed by atoms with Crippen LogP contribution in [0.2, 0.25) is 5.28 Å². The van der Waals surface area contributed by atoms with Gasteiger partial charge in [0.15, 0.2) is 5.69 Å². The molecule has 0 radical (unpaired) electrons. The van der Waals surface area contributed by atoms with Crippen LogP contribution in [0.1, 0.15) is 16.4 Å². The van der Waals surface area contributed by atoms with Crippen LogP contribution in [0.15, 0.2) is 11.4 Å². The summed E-state index contributed by atoms with van der Waals surface area (Å²) in [6.07, 6.45) is -3.96. The largest absolute Gasteiger partial charge is 0.433 e. The van der Waals surface area contributed by atoms with Gasteiger partial charge in [-0.1, -0.05) is 0 Å². The predicted molar refractivity (Wildman–Crippen MR) is 71.1 cm³/mol. The van der Waals surface area contributed by atoms with E-state index in [0.717, 1.165) is 16.8 Å². The monoisotopic (exact) mass is 322 g/mol. The fourth-order valence-electron chi connectivity index (χ4n) is 1.50. The first-order chi connectivity index (χ1) is 9.34. The van der Waals surface area contributed by atoms with Crippen LogP contribution >= 0.6 is 22.9 Å². The average Bonchev–Trinajstić information content (AvgIpc) is 2.73. The second kappa shape index (κ2) is 5.92. The van der Waals surface area contributed by atoms with E-state index in [0.29, 0.717) is 13.0 Å². The van der Waals surface area contributed by atoms with Gasteiger partial charge in [-0.15, -0.1) is 11.3 Å². The number of hydrogen-bond donors (Lipinski definition) is 1. The van der Waals surface area contributed by atoms with Gasteiger partial charge in [0, 0.05) is 24.4 Å². The molecule has 9 heteroatoms. The Kier molecular flexibility index (Phi) is 4.44. The SMILES string of the molecule is Cc1nc(CCNc2cc(C(F)(F)F)nc(Cl)n2)cs1. The summed E-state index contributed by atoms with van der Waals surface area (Å²) >= 11 is 7.01. The van der Waals surface area contributed by atoms with Crippen molar-refractivity contribution in [3.63, 3.8) is 0 Å². The lowest BCUT2D eigenvalue weighted by Crippen LogP contribution is -2.12. The van der Waals surface area contributed by atoms with E-state index in [1.54, 1.807) is 0 Å². The Balaban J connectivity index is 2.00. The van der Waals surface area contributed by atoms with Crippen molar-refractivity contribution < 1.29 is 13.2 Å². The van der Waals surface area contributed by atoms with Crippen molar-refractivity contribution in [2.45, 2.75) is 19.5 Å². The quantitative estimate of drug-likeness (QED) is 0.874. The lowest BCUT2D eigenvalue weighted by atomic mass is 10.3. The molecule has 2 rings (SSSR count). The number of rotatable bonds is 4. The molecular weight excluding hydrogens is 313 g/mol. The topological polar surface area (TPSA) is 50.7 Å². The molecule has 20 heavy (non-hydrogen) atoms. The molecule has 4 nitrogen and oxygen atoms in total. The minimum Gasteiger partial charge on any atom is -0.370 e. The molecule has 0 unspecified atom stereocenters. The molecule has 0 amide bonds. The van der Waals surface area contributed by atoms with Gasteiger partial charge in [-0.25, -0.2) is 15.0 Å². The highest BCUT2D eigenvalue weighted by Crippen LogP contribution is 2.29. The van der Waals surface area contributed by atoms with Gasteiger partial charge in [-0.05, 0) is 18.5 Å². The maximum Gasteiger partial charge on any atom is 0.433 e. The zero-order chi connectivity index (χ0) is 14.8. The molecule has 2 aromatic rings. The number of alkyl halides is 3. The van der Waals surface area contributed by atoms with Gasteiger partial charge in [0.1, 0.15) is 5.82 Å². The minimum absolute atomic E-state index is 0.0456. The second-order valence-electron chi connectivity index (χ2n) is 3.94. The molecule has 0 saturated heterocycles. The Morgan fingerprint density at radius 2 is 2.05 bits per heavy atom. The number of hydrogen-bond acceptors (Lipinski definition) is 5. The van der Waals surface area contributed by atoms with Gasteiger partial charge >= 0.3 is 6.18 Å². The van der Waals surface area contributed by atoms with Crippen LogP contribution in [0.4, 0.5) is 19.0 Å². The Hall–Kier alpha value is -1.41. The maximum absolute atomic E-state index is 12.6. The van der Waals surface area contributed by atoms with Crippen molar-refractivity contribution in [1.82, 2.24) is 15.0 Å². The molecule has 0 fully saturated rings. The summed E-state index contributed by atoms with van der Waals surface area (Å²) in [6.45, 7) is 2.30. The average molecular weight is 323 g/mol. The van der Waals surface area contributed by atoms with Crippen molar-refractivity contribution in [1.29, 1.82) is 0 Å². The first kappa shape index (κ1) is 15.0. The number of thiazole rings is 1. The van der Waals surface area contributed by atoms with Gasteiger partial charge in [0.2, 0.25) is 5.28 Å². The molecule has 2 aromatic heterocycles. The molecule has 2 heterocycles. The van der Waals surface area contributed by atoms with Gasteiger partial charge in [-0.3, -0.25) is 0 Å². The first-order valence-corrected chi connectivity index (χ1v) is 6.87. The molecule has 0 aliphatic carbocycles. The number of aromatic nitrogens is 3. The number of nitrogens with zero attached hydrogens (tertiary/aromatic N) is 3. The van der Waals surface area contributed by atoms with Crippen LogP contribution in [0.25, 0.3) is 0 Å². The van der Waals surface area contributed by atoms with Crippen molar-refractivity contribution in [2.24, 2.45) is 0 Å². The summed E-state index contributed by atoms with van der Waals surface area (Å²) in [7, 11) is 0. The summed E-state index contributed by atoms with van der Waals surface area (Å²) in [6, 6.07) is 0.832. The van der Waals surface area contributed by atoms with Gasteiger partial charge in [0.05, 0.1) is 10.7 Å². The van der Waals surface area contributed by atoms with Crippen LogP contribution in [0.3, 0.4) is 0 Å². The minimum atomic E-state index is -4.55.